The Morgan fingerprint density at radius 2 is 2.12 bits per heavy atom. The van der Waals surface area contributed by atoms with Crippen molar-refractivity contribution in [1.29, 1.82) is 5.26 Å². The van der Waals surface area contributed by atoms with E-state index >= 15 is 0 Å². The summed E-state index contributed by atoms with van der Waals surface area (Å²) in [6, 6.07) is 7.14. The second-order valence-electron chi connectivity index (χ2n) is 3.09. The van der Waals surface area contributed by atoms with Crippen LogP contribution in [-0.4, -0.2) is 7.11 Å². The number of ether oxygens (including phenoxy) is 1. The molecular formula is C12H11Cl2NO. The number of benzene rings is 1. The van der Waals surface area contributed by atoms with Crippen LogP contribution < -0.4 is 0 Å². The van der Waals surface area contributed by atoms with Crippen LogP contribution in [0.5, 0.6) is 0 Å². The van der Waals surface area contributed by atoms with E-state index in [0.717, 1.165) is 0 Å². The average molecular weight is 256 g/mol. The van der Waals surface area contributed by atoms with Crippen LogP contribution in [0, 0.1) is 11.3 Å². The summed E-state index contributed by atoms with van der Waals surface area (Å²) in [5, 5.41) is 10.1. The van der Waals surface area contributed by atoms with Crippen molar-refractivity contribution >= 4 is 28.8 Å². The first-order chi connectivity index (χ1) is 7.63. The normalized spacial score (nSPS) is 11.7. The highest BCUT2D eigenvalue weighted by Gasteiger charge is 2.12. The van der Waals surface area contributed by atoms with Gasteiger partial charge in [-0.15, -0.1) is 0 Å². The summed E-state index contributed by atoms with van der Waals surface area (Å²) in [6.07, 6.45) is 0.637. The van der Waals surface area contributed by atoms with Crippen LogP contribution >= 0.6 is 23.2 Å². The van der Waals surface area contributed by atoms with Crippen molar-refractivity contribution < 1.29 is 4.74 Å². The van der Waals surface area contributed by atoms with Gasteiger partial charge in [-0.1, -0.05) is 36.2 Å². The lowest BCUT2D eigenvalue weighted by atomic mass is 10.0. The summed E-state index contributed by atoms with van der Waals surface area (Å²) < 4.78 is 5.16. The maximum absolute atomic E-state index is 9.13. The number of hydrogen-bond acceptors (Lipinski definition) is 2. The van der Waals surface area contributed by atoms with Gasteiger partial charge in [-0.05, 0) is 12.1 Å². The molecule has 0 unspecified atom stereocenters. The fourth-order valence-electron chi connectivity index (χ4n) is 1.39. The molecule has 0 saturated heterocycles. The molecule has 16 heavy (non-hydrogen) atoms. The fraction of sp³-hybridized carbons (Fsp3) is 0.250. The Kier molecular flexibility index (Phi) is 4.67. The number of hydrogen-bond donors (Lipinski definition) is 0. The summed E-state index contributed by atoms with van der Waals surface area (Å²) in [5.41, 5.74) is 1.10. The van der Waals surface area contributed by atoms with Gasteiger partial charge in [0, 0.05) is 17.0 Å². The van der Waals surface area contributed by atoms with Crippen molar-refractivity contribution in [3.8, 4) is 6.07 Å². The highest BCUT2D eigenvalue weighted by atomic mass is 35.5. The summed E-state index contributed by atoms with van der Waals surface area (Å²) in [4.78, 5) is 0. The molecule has 0 aromatic heterocycles. The molecule has 0 amide bonds. The zero-order chi connectivity index (χ0) is 12.1. The highest BCUT2D eigenvalue weighted by Crippen LogP contribution is 2.29. The predicted octanol–water partition coefficient (Wildman–Crippen LogP) is 4.28. The minimum atomic E-state index is 0.451. The number of nitriles is 1. The molecule has 0 radical (unpaired) electrons. The number of rotatable bonds is 3. The molecule has 0 bridgehead atoms. The molecule has 0 aliphatic carbocycles. The van der Waals surface area contributed by atoms with E-state index in [1.165, 1.54) is 0 Å². The maximum Gasteiger partial charge on any atom is 0.114 e. The Bertz CT molecular complexity index is 455. The summed E-state index contributed by atoms with van der Waals surface area (Å²) in [7, 11) is 1.54. The van der Waals surface area contributed by atoms with Crippen LogP contribution in [0.1, 0.15) is 18.9 Å². The molecule has 2 nitrogen and oxygen atoms in total. The minimum absolute atomic E-state index is 0.451. The standard InChI is InChI=1S/C12H11Cl2NO/c1-3-12(16-2)10(7-15)9-5-4-8(13)6-11(9)14/h4-6H,3H2,1-2H3. The molecular weight excluding hydrogens is 245 g/mol. The van der Waals surface area contributed by atoms with Gasteiger partial charge in [0.05, 0.1) is 17.7 Å². The lowest BCUT2D eigenvalue weighted by molar-refractivity contribution is 0.283. The highest BCUT2D eigenvalue weighted by molar-refractivity contribution is 6.35. The molecule has 0 N–H and O–H groups in total. The summed E-state index contributed by atoms with van der Waals surface area (Å²) in [6.45, 7) is 1.92. The number of nitrogens with zero attached hydrogens (tertiary/aromatic N) is 1. The number of methoxy groups -OCH3 is 1. The molecule has 1 aromatic rings. The fourth-order valence-corrected chi connectivity index (χ4v) is 1.89. The third kappa shape index (κ3) is 2.69. The van der Waals surface area contributed by atoms with Crippen molar-refractivity contribution in [2.24, 2.45) is 0 Å². The number of halogens is 2. The van der Waals surface area contributed by atoms with Crippen LogP contribution in [0.3, 0.4) is 0 Å². The molecule has 0 saturated carbocycles. The molecule has 0 atom stereocenters. The molecule has 4 heteroatoms. The Morgan fingerprint density at radius 1 is 1.44 bits per heavy atom. The van der Waals surface area contributed by atoms with Gasteiger partial charge in [-0.3, -0.25) is 0 Å². The third-order valence-corrected chi connectivity index (χ3v) is 2.71. The Balaban J connectivity index is 3.36. The predicted molar refractivity (Wildman–Crippen MR) is 66.3 cm³/mol. The van der Waals surface area contributed by atoms with E-state index < -0.39 is 0 Å². The van der Waals surface area contributed by atoms with Crippen LogP contribution in [0.25, 0.3) is 5.57 Å². The smallest absolute Gasteiger partial charge is 0.114 e. The van der Waals surface area contributed by atoms with Crippen LogP contribution in [0.2, 0.25) is 10.0 Å². The average Bonchev–Trinajstić information content (AvgIpc) is 2.27. The molecule has 0 fully saturated rings. The van der Waals surface area contributed by atoms with Crippen molar-refractivity contribution in [3.63, 3.8) is 0 Å². The van der Waals surface area contributed by atoms with Gasteiger partial charge in [-0.25, -0.2) is 0 Å². The molecule has 1 aromatic carbocycles. The molecule has 84 valence electrons. The molecule has 0 spiro atoms. The van der Waals surface area contributed by atoms with Gasteiger partial charge in [0.25, 0.3) is 0 Å². The van der Waals surface area contributed by atoms with E-state index in [1.807, 2.05) is 6.92 Å². The van der Waals surface area contributed by atoms with Crippen LogP contribution in [0.15, 0.2) is 24.0 Å². The van der Waals surface area contributed by atoms with Crippen molar-refractivity contribution in [1.82, 2.24) is 0 Å². The van der Waals surface area contributed by atoms with E-state index in [1.54, 1.807) is 25.3 Å². The third-order valence-electron chi connectivity index (χ3n) is 2.16. The van der Waals surface area contributed by atoms with Crippen molar-refractivity contribution in [2.45, 2.75) is 13.3 Å². The van der Waals surface area contributed by atoms with E-state index in [4.69, 9.17) is 33.2 Å². The van der Waals surface area contributed by atoms with Gasteiger partial charge in [-0.2, -0.15) is 5.26 Å². The zero-order valence-corrected chi connectivity index (χ0v) is 10.6. The molecule has 0 heterocycles. The quantitative estimate of drug-likeness (QED) is 0.597. The minimum Gasteiger partial charge on any atom is -0.500 e. The van der Waals surface area contributed by atoms with Crippen LogP contribution in [0.4, 0.5) is 0 Å². The summed E-state index contributed by atoms with van der Waals surface area (Å²) in [5.74, 6) is 0.617. The topological polar surface area (TPSA) is 33.0 Å². The summed E-state index contributed by atoms with van der Waals surface area (Å²) >= 11 is 11.8. The van der Waals surface area contributed by atoms with Gasteiger partial charge < -0.3 is 4.74 Å². The first-order valence-corrected chi connectivity index (χ1v) is 5.52. The van der Waals surface area contributed by atoms with Crippen molar-refractivity contribution in [3.05, 3.63) is 39.6 Å². The largest absolute Gasteiger partial charge is 0.500 e. The lowest BCUT2D eigenvalue weighted by Crippen LogP contribution is -1.93. The van der Waals surface area contributed by atoms with E-state index in [0.29, 0.717) is 33.4 Å². The van der Waals surface area contributed by atoms with Gasteiger partial charge in [0.15, 0.2) is 0 Å². The molecule has 0 aliphatic rings. The van der Waals surface area contributed by atoms with Gasteiger partial charge in [0.1, 0.15) is 11.8 Å². The van der Waals surface area contributed by atoms with E-state index in [-0.39, 0.29) is 0 Å². The van der Waals surface area contributed by atoms with Crippen molar-refractivity contribution in [2.75, 3.05) is 7.11 Å². The zero-order valence-electron chi connectivity index (χ0n) is 9.05. The van der Waals surface area contributed by atoms with Crippen LogP contribution in [-0.2, 0) is 4.74 Å². The maximum atomic E-state index is 9.13. The molecule has 0 aliphatic heterocycles. The van der Waals surface area contributed by atoms with Gasteiger partial charge >= 0.3 is 0 Å². The lowest BCUT2D eigenvalue weighted by Gasteiger charge is -2.08. The first-order valence-electron chi connectivity index (χ1n) is 4.76. The van der Waals surface area contributed by atoms with E-state index in [9.17, 15) is 0 Å². The monoisotopic (exact) mass is 255 g/mol. The molecule has 1 rings (SSSR count). The second-order valence-corrected chi connectivity index (χ2v) is 3.94. The van der Waals surface area contributed by atoms with Gasteiger partial charge in [0.2, 0.25) is 0 Å². The second kappa shape index (κ2) is 5.79. The Hall–Kier alpha value is -1.17. The number of allylic oxidation sites excluding steroid dienone is 2. The first kappa shape index (κ1) is 12.9. The Labute approximate surface area is 105 Å². The SMILES string of the molecule is CCC(OC)=C(C#N)c1ccc(Cl)cc1Cl. The van der Waals surface area contributed by atoms with E-state index in [2.05, 4.69) is 6.07 Å². The Morgan fingerprint density at radius 3 is 2.56 bits per heavy atom.